The molecule has 0 aliphatic carbocycles. The summed E-state index contributed by atoms with van der Waals surface area (Å²) >= 11 is 6.16. The topological polar surface area (TPSA) is 35.2 Å². The first-order valence-electron chi connectivity index (χ1n) is 6.81. The van der Waals surface area contributed by atoms with Gasteiger partial charge in [-0.15, -0.1) is 0 Å². The predicted octanol–water partition coefficient (Wildman–Crippen LogP) is 4.50. The molecular weight excluding hydrogens is 270 g/mol. The lowest BCUT2D eigenvalue weighted by Crippen LogP contribution is -2.03. The Bertz CT molecular complexity index is 564. The molecule has 0 aliphatic heterocycles. The van der Waals surface area contributed by atoms with E-state index < -0.39 is 0 Å². The third-order valence-electron chi connectivity index (χ3n) is 3.30. The van der Waals surface area contributed by atoms with Crippen molar-refractivity contribution in [1.82, 2.24) is 0 Å². The van der Waals surface area contributed by atoms with Crippen molar-refractivity contribution in [3.63, 3.8) is 0 Å². The van der Waals surface area contributed by atoms with Gasteiger partial charge in [0.15, 0.2) is 0 Å². The highest BCUT2D eigenvalue weighted by atomic mass is 35.5. The number of halogens is 1. The van der Waals surface area contributed by atoms with Crippen LogP contribution in [0.1, 0.15) is 36.5 Å². The Balaban J connectivity index is 2.09. The molecule has 0 bridgehead atoms. The van der Waals surface area contributed by atoms with E-state index in [0.717, 1.165) is 11.1 Å². The molecule has 2 rings (SSSR count). The van der Waals surface area contributed by atoms with Crippen LogP contribution in [0.15, 0.2) is 42.5 Å². The molecule has 2 aromatic rings. The molecule has 0 saturated carbocycles. The van der Waals surface area contributed by atoms with Gasteiger partial charge in [-0.3, -0.25) is 0 Å². The summed E-state index contributed by atoms with van der Waals surface area (Å²) in [5.41, 5.74) is 9.08. The molecule has 2 N–H and O–H groups in total. The van der Waals surface area contributed by atoms with E-state index in [1.165, 1.54) is 5.56 Å². The van der Waals surface area contributed by atoms with Crippen molar-refractivity contribution in [2.24, 2.45) is 5.73 Å². The van der Waals surface area contributed by atoms with Crippen LogP contribution in [0.5, 0.6) is 5.75 Å². The number of ether oxygens (including phenoxy) is 1. The summed E-state index contributed by atoms with van der Waals surface area (Å²) in [7, 11) is 0. The van der Waals surface area contributed by atoms with E-state index >= 15 is 0 Å². The smallest absolute Gasteiger partial charge is 0.142 e. The fourth-order valence-corrected chi connectivity index (χ4v) is 2.28. The Hall–Kier alpha value is -1.51. The maximum Gasteiger partial charge on any atom is 0.142 e. The first kappa shape index (κ1) is 14.9. The van der Waals surface area contributed by atoms with Crippen molar-refractivity contribution >= 4 is 11.6 Å². The lowest BCUT2D eigenvalue weighted by Gasteiger charge is -2.13. The van der Waals surface area contributed by atoms with Gasteiger partial charge in [0.2, 0.25) is 0 Å². The van der Waals surface area contributed by atoms with E-state index in [-0.39, 0.29) is 0 Å². The number of benzene rings is 2. The normalized spacial score (nSPS) is 10.8. The summed E-state index contributed by atoms with van der Waals surface area (Å²) in [5, 5.41) is 0.603. The largest absolute Gasteiger partial charge is 0.487 e. The Morgan fingerprint density at radius 3 is 2.40 bits per heavy atom. The first-order valence-corrected chi connectivity index (χ1v) is 7.18. The molecule has 0 aliphatic rings. The lowest BCUT2D eigenvalue weighted by molar-refractivity contribution is 0.303. The maximum absolute atomic E-state index is 6.16. The zero-order chi connectivity index (χ0) is 14.5. The molecule has 0 atom stereocenters. The van der Waals surface area contributed by atoms with Crippen molar-refractivity contribution in [3.8, 4) is 5.75 Å². The number of rotatable bonds is 5. The average molecular weight is 290 g/mol. The Labute approximate surface area is 125 Å². The minimum absolute atomic E-state index is 0.419. The average Bonchev–Trinajstić information content (AvgIpc) is 2.46. The van der Waals surface area contributed by atoms with Gasteiger partial charge in [0.05, 0.1) is 5.02 Å². The summed E-state index contributed by atoms with van der Waals surface area (Å²) in [6, 6.07) is 14.1. The van der Waals surface area contributed by atoms with Gasteiger partial charge in [-0.2, -0.15) is 0 Å². The van der Waals surface area contributed by atoms with Gasteiger partial charge >= 0.3 is 0 Å². The molecule has 0 spiro atoms. The van der Waals surface area contributed by atoms with E-state index in [1.807, 2.05) is 18.2 Å². The van der Waals surface area contributed by atoms with E-state index in [0.29, 0.717) is 29.8 Å². The summed E-state index contributed by atoms with van der Waals surface area (Å²) in [4.78, 5) is 0. The maximum atomic E-state index is 6.16. The highest BCUT2D eigenvalue weighted by molar-refractivity contribution is 6.32. The van der Waals surface area contributed by atoms with Crippen molar-refractivity contribution in [2.45, 2.75) is 32.9 Å². The Morgan fingerprint density at radius 1 is 1.10 bits per heavy atom. The van der Waals surface area contributed by atoms with Crippen molar-refractivity contribution in [2.75, 3.05) is 0 Å². The van der Waals surface area contributed by atoms with Gasteiger partial charge in [0, 0.05) is 12.1 Å². The molecular formula is C17H20ClNO. The predicted molar refractivity (Wildman–Crippen MR) is 84.2 cm³/mol. The zero-order valence-corrected chi connectivity index (χ0v) is 12.7. The monoisotopic (exact) mass is 289 g/mol. The fraction of sp³-hybridized carbons (Fsp3) is 0.294. The van der Waals surface area contributed by atoms with Crippen LogP contribution in [-0.4, -0.2) is 0 Å². The Kier molecular flexibility index (Phi) is 5.05. The van der Waals surface area contributed by atoms with E-state index in [2.05, 4.69) is 38.1 Å². The summed E-state index contributed by atoms with van der Waals surface area (Å²) < 4.78 is 5.83. The van der Waals surface area contributed by atoms with E-state index in [4.69, 9.17) is 22.1 Å². The molecule has 0 heterocycles. The van der Waals surface area contributed by atoms with Gasteiger partial charge in [-0.1, -0.05) is 61.8 Å². The number of nitrogens with two attached hydrogens (primary N) is 1. The van der Waals surface area contributed by atoms with Crippen LogP contribution >= 0.6 is 11.6 Å². The number of hydrogen-bond acceptors (Lipinski definition) is 2. The molecule has 106 valence electrons. The van der Waals surface area contributed by atoms with Crippen molar-refractivity contribution in [1.29, 1.82) is 0 Å². The highest BCUT2D eigenvalue weighted by Crippen LogP contribution is 2.29. The van der Waals surface area contributed by atoms with Gasteiger partial charge < -0.3 is 10.5 Å². The Morgan fingerprint density at radius 2 is 1.80 bits per heavy atom. The number of para-hydroxylation sites is 1. The zero-order valence-electron chi connectivity index (χ0n) is 11.9. The minimum atomic E-state index is 0.419. The standard InChI is InChI=1S/C17H20ClNO/c1-12(2)14-8-6-13(7-9-14)11-20-17-15(10-19)4-3-5-16(17)18/h3-9,12H,10-11,19H2,1-2H3. The molecule has 0 aromatic heterocycles. The second kappa shape index (κ2) is 6.78. The number of hydrogen-bond donors (Lipinski definition) is 1. The van der Waals surface area contributed by atoms with Gasteiger partial charge in [0.25, 0.3) is 0 Å². The van der Waals surface area contributed by atoms with Crippen molar-refractivity contribution < 1.29 is 4.74 Å². The minimum Gasteiger partial charge on any atom is -0.487 e. The SMILES string of the molecule is CC(C)c1ccc(COc2c(Cl)cccc2CN)cc1. The van der Waals surface area contributed by atoms with Crippen LogP contribution in [0, 0.1) is 0 Å². The quantitative estimate of drug-likeness (QED) is 0.879. The summed E-state index contributed by atoms with van der Waals surface area (Å²) in [6.07, 6.45) is 0. The third-order valence-corrected chi connectivity index (χ3v) is 3.60. The van der Waals surface area contributed by atoms with Crippen LogP contribution in [0.25, 0.3) is 0 Å². The molecule has 0 amide bonds. The summed E-state index contributed by atoms with van der Waals surface area (Å²) in [5.74, 6) is 1.22. The fourth-order valence-electron chi connectivity index (χ4n) is 2.03. The van der Waals surface area contributed by atoms with Gasteiger partial charge in [0.1, 0.15) is 12.4 Å². The second-order valence-electron chi connectivity index (χ2n) is 5.12. The molecule has 2 aromatic carbocycles. The van der Waals surface area contributed by atoms with Crippen LogP contribution in [0.4, 0.5) is 0 Å². The molecule has 20 heavy (non-hydrogen) atoms. The lowest BCUT2D eigenvalue weighted by atomic mass is 10.0. The van der Waals surface area contributed by atoms with Crippen LogP contribution < -0.4 is 10.5 Å². The van der Waals surface area contributed by atoms with Crippen molar-refractivity contribution in [3.05, 3.63) is 64.2 Å². The molecule has 0 radical (unpaired) electrons. The van der Waals surface area contributed by atoms with Crippen LogP contribution in [0.2, 0.25) is 5.02 Å². The second-order valence-corrected chi connectivity index (χ2v) is 5.52. The molecule has 0 unspecified atom stereocenters. The third kappa shape index (κ3) is 3.53. The molecule has 2 nitrogen and oxygen atoms in total. The molecule has 3 heteroatoms. The highest BCUT2D eigenvalue weighted by Gasteiger charge is 2.07. The van der Waals surface area contributed by atoms with Gasteiger partial charge in [-0.05, 0) is 23.1 Å². The first-order chi connectivity index (χ1) is 9.61. The molecule has 0 fully saturated rings. The van der Waals surface area contributed by atoms with Crippen LogP contribution in [-0.2, 0) is 13.2 Å². The molecule has 0 saturated heterocycles. The van der Waals surface area contributed by atoms with Gasteiger partial charge in [-0.25, -0.2) is 0 Å². The van der Waals surface area contributed by atoms with Crippen LogP contribution in [0.3, 0.4) is 0 Å². The van der Waals surface area contributed by atoms with E-state index in [1.54, 1.807) is 0 Å². The van der Waals surface area contributed by atoms with E-state index in [9.17, 15) is 0 Å². The summed E-state index contributed by atoms with van der Waals surface area (Å²) in [6.45, 7) is 5.28.